The fourth-order valence-corrected chi connectivity index (χ4v) is 2.44. The van der Waals surface area contributed by atoms with Crippen LogP contribution in [-0.2, 0) is 6.61 Å². The van der Waals surface area contributed by atoms with Gasteiger partial charge in [-0.05, 0) is 62.5 Å². The Balaban J connectivity index is 2.07. The molecule has 0 unspecified atom stereocenters. The van der Waals surface area contributed by atoms with Crippen LogP contribution in [0.15, 0.2) is 45.6 Å². The summed E-state index contributed by atoms with van der Waals surface area (Å²) in [5.74, 6) is 0.843. The van der Waals surface area contributed by atoms with Crippen molar-refractivity contribution in [3.8, 4) is 5.75 Å². The lowest BCUT2D eigenvalue weighted by atomic mass is 10.2. The third-order valence-electron chi connectivity index (χ3n) is 2.24. The van der Waals surface area contributed by atoms with Crippen LogP contribution >= 0.6 is 31.9 Å². The lowest BCUT2D eigenvalue weighted by Gasteiger charge is -2.08. The number of ether oxygens (including phenoxy) is 1. The Labute approximate surface area is 117 Å². The number of aryl methyl sites for hydroxylation is 1. The van der Waals surface area contributed by atoms with Crippen molar-refractivity contribution in [3.63, 3.8) is 0 Å². The van der Waals surface area contributed by atoms with E-state index in [9.17, 15) is 0 Å². The van der Waals surface area contributed by atoms with E-state index in [4.69, 9.17) is 4.74 Å². The minimum Gasteiger partial charge on any atom is -0.488 e. The van der Waals surface area contributed by atoms with Crippen molar-refractivity contribution in [1.82, 2.24) is 4.98 Å². The molecule has 0 spiro atoms. The molecule has 1 aromatic heterocycles. The van der Waals surface area contributed by atoms with Crippen LogP contribution in [-0.4, -0.2) is 4.98 Å². The molecule has 0 aliphatic heterocycles. The second kappa shape index (κ2) is 5.65. The molecule has 2 nitrogen and oxygen atoms in total. The molecule has 1 heterocycles. The van der Waals surface area contributed by atoms with Gasteiger partial charge < -0.3 is 4.74 Å². The summed E-state index contributed by atoms with van der Waals surface area (Å²) in [5.41, 5.74) is 2.24. The van der Waals surface area contributed by atoms with Gasteiger partial charge in [-0.1, -0.05) is 6.07 Å². The average molecular weight is 357 g/mol. The summed E-state index contributed by atoms with van der Waals surface area (Å²) in [5, 5.41) is 0. The molecule has 1 aromatic carbocycles. The van der Waals surface area contributed by atoms with Gasteiger partial charge in [-0.3, -0.25) is 4.98 Å². The quantitative estimate of drug-likeness (QED) is 0.808. The maximum Gasteiger partial charge on any atom is 0.134 e. The van der Waals surface area contributed by atoms with Gasteiger partial charge in [0, 0.05) is 22.4 Å². The molecule has 2 rings (SSSR count). The smallest absolute Gasteiger partial charge is 0.134 e. The Morgan fingerprint density at radius 2 is 2.00 bits per heavy atom. The molecular formula is C13H11Br2NO. The molecule has 0 atom stereocenters. The Bertz CT molecular complexity index is 529. The maximum absolute atomic E-state index is 5.73. The number of hydrogen-bond donors (Lipinski definition) is 0. The van der Waals surface area contributed by atoms with E-state index in [2.05, 4.69) is 36.8 Å². The molecule has 0 saturated heterocycles. The lowest BCUT2D eigenvalue weighted by Crippen LogP contribution is -1.96. The zero-order valence-electron chi connectivity index (χ0n) is 9.28. The summed E-state index contributed by atoms with van der Waals surface area (Å²) in [4.78, 5) is 4.09. The summed E-state index contributed by atoms with van der Waals surface area (Å²) in [6.45, 7) is 2.56. The van der Waals surface area contributed by atoms with Crippen molar-refractivity contribution in [3.05, 3.63) is 56.7 Å². The van der Waals surface area contributed by atoms with Crippen LogP contribution in [0.1, 0.15) is 11.1 Å². The second-order valence-electron chi connectivity index (χ2n) is 3.73. The highest BCUT2D eigenvalue weighted by Crippen LogP contribution is 2.26. The molecule has 0 radical (unpaired) electrons. The first kappa shape index (κ1) is 12.6. The molecule has 4 heteroatoms. The van der Waals surface area contributed by atoms with E-state index in [-0.39, 0.29) is 0 Å². The average Bonchev–Trinajstić information content (AvgIpc) is 2.28. The van der Waals surface area contributed by atoms with Crippen molar-refractivity contribution < 1.29 is 4.74 Å². The monoisotopic (exact) mass is 355 g/mol. The third-order valence-corrected chi connectivity index (χ3v) is 3.30. The number of rotatable bonds is 3. The number of hydrogen-bond acceptors (Lipinski definition) is 2. The van der Waals surface area contributed by atoms with Gasteiger partial charge in [0.15, 0.2) is 0 Å². The molecule has 2 aromatic rings. The minimum atomic E-state index is 0.508. The van der Waals surface area contributed by atoms with Gasteiger partial charge in [0.2, 0.25) is 0 Å². The van der Waals surface area contributed by atoms with E-state index >= 15 is 0 Å². The molecule has 0 aliphatic carbocycles. The van der Waals surface area contributed by atoms with E-state index in [1.807, 2.05) is 31.2 Å². The van der Waals surface area contributed by atoms with Crippen LogP contribution in [0.5, 0.6) is 5.75 Å². The van der Waals surface area contributed by atoms with Crippen molar-refractivity contribution in [2.75, 3.05) is 0 Å². The maximum atomic E-state index is 5.73. The van der Waals surface area contributed by atoms with Crippen LogP contribution < -0.4 is 4.74 Å². The zero-order valence-corrected chi connectivity index (χ0v) is 12.5. The number of halogens is 2. The Kier molecular flexibility index (Phi) is 4.18. The summed E-state index contributed by atoms with van der Waals surface area (Å²) >= 11 is 6.87. The van der Waals surface area contributed by atoms with E-state index in [0.717, 1.165) is 20.3 Å². The van der Waals surface area contributed by atoms with Crippen molar-refractivity contribution in [2.45, 2.75) is 13.5 Å². The van der Waals surface area contributed by atoms with Crippen LogP contribution in [0.4, 0.5) is 0 Å². The normalized spacial score (nSPS) is 10.3. The van der Waals surface area contributed by atoms with Crippen molar-refractivity contribution in [2.24, 2.45) is 0 Å². The number of aromatic nitrogens is 1. The van der Waals surface area contributed by atoms with Crippen LogP contribution in [0.3, 0.4) is 0 Å². The highest BCUT2D eigenvalue weighted by atomic mass is 79.9. The Morgan fingerprint density at radius 1 is 1.18 bits per heavy atom. The van der Waals surface area contributed by atoms with Gasteiger partial charge in [0.25, 0.3) is 0 Å². The predicted octanol–water partition coefficient (Wildman–Crippen LogP) is 4.49. The molecule has 0 bridgehead atoms. The Hall–Kier alpha value is -0.870. The van der Waals surface area contributed by atoms with Gasteiger partial charge in [-0.2, -0.15) is 0 Å². The van der Waals surface area contributed by atoms with Crippen LogP contribution in [0.25, 0.3) is 0 Å². The fraction of sp³-hybridized carbons (Fsp3) is 0.154. The SMILES string of the molecule is Cc1ccc(OCc2cncc(Br)c2)c(Br)c1. The number of pyridine rings is 1. The second-order valence-corrected chi connectivity index (χ2v) is 5.50. The van der Waals surface area contributed by atoms with Crippen LogP contribution in [0.2, 0.25) is 0 Å². The fourth-order valence-electron chi connectivity index (χ4n) is 1.42. The van der Waals surface area contributed by atoms with E-state index in [1.54, 1.807) is 12.4 Å². The largest absolute Gasteiger partial charge is 0.488 e. The van der Waals surface area contributed by atoms with Gasteiger partial charge in [-0.15, -0.1) is 0 Å². The molecule has 0 fully saturated rings. The first-order chi connectivity index (χ1) is 8.15. The van der Waals surface area contributed by atoms with Gasteiger partial charge >= 0.3 is 0 Å². The van der Waals surface area contributed by atoms with E-state index in [1.165, 1.54) is 5.56 Å². The topological polar surface area (TPSA) is 22.1 Å². The van der Waals surface area contributed by atoms with Gasteiger partial charge in [-0.25, -0.2) is 0 Å². The van der Waals surface area contributed by atoms with Crippen LogP contribution in [0, 0.1) is 6.92 Å². The van der Waals surface area contributed by atoms with E-state index in [0.29, 0.717) is 6.61 Å². The predicted molar refractivity (Wildman–Crippen MR) is 75.1 cm³/mol. The highest BCUT2D eigenvalue weighted by molar-refractivity contribution is 9.10. The minimum absolute atomic E-state index is 0.508. The van der Waals surface area contributed by atoms with Crippen molar-refractivity contribution >= 4 is 31.9 Å². The van der Waals surface area contributed by atoms with Gasteiger partial charge in [0.1, 0.15) is 12.4 Å². The molecule has 0 amide bonds. The zero-order chi connectivity index (χ0) is 12.3. The lowest BCUT2D eigenvalue weighted by molar-refractivity contribution is 0.303. The summed E-state index contributed by atoms with van der Waals surface area (Å²) in [6.07, 6.45) is 3.55. The Morgan fingerprint density at radius 3 is 2.71 bits per heavy atom. The molecular weight excluding hydrogens is 346 g/mol. The molecule has 17 heavy (non-hydrogen) atoms. The molecule has 0 aliphatic rings. The number of nitrogens with zero attached hydrogens (tertiary/aromatic N) is 1. The first-order valence-electron chi connectivity index (χ1n) is 5.13. The third kappa shape index (κ3) is 3.54. The first-order valence-corrected chi connectivity index (χ1v) is 6.72. The molecule has 0 N–H and O–H groups in total. The number of benzene rings is 1. The highest BCUT2D eigenvalue weighted by Gasteiger charge is 2.02. The molecule has 88 valence electrons. The van der Waals surface area contributed by atoms with E-state index < -0.39 is 0 Å². The standard InChI is InChI=1S/C13H11Br2NO/c1-9-2-3-13(12(15)4-9)17-8-10-5-11(14)7-16-6-10/h2-7H,8H2,1H3. The van der Waals surface area contributed by atoms with Gasteiger partial charge in [0.05, 0.1) is 4.47 Å². The summed E-state index contributed by atoms with van der Waals surface area (Å²) in [6, 6.07) is 8.02. The summed E-state index contributed by atoms with van der Waals surface area (Å²) in [7, 11) is 0. The summed E-state index contributed by atoms with van der Waals surface area (Å²) < 4.78 is 7.66. The van der Waals surface area contributed by atoms with Crippen molar-refractivity contribution in [1.29, 1.82) is 0 Å². The molecule has 0 saturated carbocycles.